The normalized spacial score (nSPS) is 11.2. The fraction of sp³-hybridized carbons (Fsp3) is 0.400. The lowest BCUT2D eigenvalue weighted by Gasteiger charge is -2.09. The van der Waals surface area contributed by atoms with E-state index in [0.29, 0.717) is 6.54 Å². The molecule has 0 saturated heterocycles. The maximum absolute atomic E-state index is 11.9. The number of carbonyl (C=O) groups excluding carboxylic acids is 1. The van der Waals surface area contributed by atoms with Gasteiger partial charge in [0.25, 0.3) is 0 Å². The van der Waals surface area contributed by atoms with Gasteiger partial charge in [-0.05, 0) is 19.1 Å². The highest BCUT2D eigenvalue weighted by Gasteiger charge is 2.19. The number of carbonyl (C=O) groups is 1. The van der Waals surface area contributed by atoms with Gasteiger partial charge in [-0.1, -0.05) is 0 Å². The van der Waals surface area contributed by atoms with Crippen LogP contribution in [0.25, 0.3) is 0 Å². The van der Waals surface area contributed by atoms with Gasteiger partial charge >= 0.3 is 0 Å². The van der Waals surface area contributed by atoms with E-state index < -0.39 is 10.0 Å². The minimum absolute atomic E-state index is 0.00296. The largest absolute Gasteiger partial charge is 0.355 e. The minimum Gasteiger partial charge on any atom is -0.355 e. The number of nitrogens with zero attached hydrogens (tertiary/aromatic N) is 1. The molecule has 0 atom stereocenters. The lowest BCUT2D eigenvalue weighted by atomic mass is 10.3. The van der Waals surface area contributed by atoms with Crippen LogP contribution in [0.4, 0.5) is 0 Å². The number of rotatable bonds is 6. The molecule has 1 rings (SSSR count). The molecule has 1 heterocycles. The molecule has 7 nitrogen and oxygen atoms in total. The maximum atomic E-state index is 11.9. The molecule has 0 saturated carbocycles. The van der Waals surface area contributed by atoms with E-state index in [2.05, 4.69) is 15.0 Å². The summed E-state index contributed by atoms with van der Waals surface area (Å²) < 4.78 is 26.1. The van der Waals surface area contributed by atoms with E-state index >= 15 is 0 Å². The summed E-state index contributed by atoms with van der Waals surface area (Å²) in [6.07, 6.45) is 1.46. The third-order valence-corrected chi connectivity index (χ3v) is 3.60. The zero-order valence-electron chi connectivity index (χ0n) is 10.0. The van der Waals surface area contributed by atoms with Crippen LogP contribution in [0.3, 0.4) is 0 Å². The lowest BCUT2D eigenvalue weighted by molar-refractivity contribution is -0.119. The second-order valence-electron chi connectivity index (χ2n) is 3.43. The van der Waals surface area contributed by atoms with E-state index in [1.165, 1.54) is 18.3 Å². The van der Waals surface area contributed by atoms with Crippen LogP contribution in [0.1, 0.15) is 12.6 Å². The van der Waals surface area contributed by atoms with Gasteiger partial charge in [0.2, 0.25) is 15.9 Å². The fourth-order valence-electron chi connectivity index (χ4n) is 1.32. The first-order valence-corrected chi connectivity index (χ1v) is 6.90. The summed E-state index contributed by atoms with van der Waals surface area (Å²) >= 11 is 0. The molecule has 0 fully saturated rings. The average Bonchev–Trinajstić information content (AvgIpc) is 2.37. The van der Waals surface area contributed by atoms with E-state index in [1.807, 2.05) is 0 Å². The summed E-state index contributed by atoms with van der Waals surface area (Å²) in [7, 11) is -3.77. The molecule has 0 radical (unpaired) electrons. The van der Waals surface area contributed by atoms with Crippen LogP contribution in [-0.2, 0) is 21.4 Å². The average molecular weight is 272 g/mol. The first-order valence-electron chi connectivity index (χ1n) is 5.41. The van der Waals surface area contributed by atoms with Crippen molar-refractivity contribution in [1.82, 2.24) is 15.0 Å². The summed E-state index contributed by atoms with van der Waals surface area (Å²) in [5.41, 5.74) is 5.68. The zero-order valence-corrected chi connectivity index (χ0v) is 10.8. The molecule has 8 heteroatoms. The van der Waals surface area contributed by atoms with Crippen LogP contribution >= 0.6 is 0 Å². The number of nitrogens with two attached hydrogens (primary N) is 1. The van der Waals surface area contributed by atoms with Crippen LogP contribution in [0.15, 0.2) is 23.2 Å². The molecule has 0 aliphatic rings. The Hall–Kier alpha value is -1.51. The molecule has 1 aromatic rings. The number of hydrogen-bond donors (Lipinski definition) is 3. The Morgan fingerprint density at radius 2 is 2.22 bits per heavy atom. The second kappa shape index (κ2) is 6.43. The molecule has 1 aromatic heterocycles. The van der Waals surface area contributed by atoms with Crippen molar-refractivity contribution in [1.29, 1.82) is 0 Å². The van der Waals surface area contributed by atoms with E-state index in [1.54, 1.807) is 6.92 Å². The van der Waals surface area contributed by atoms with Gasteiger partial charge in [-0.3, -0.25) is 9.78 Å². The fourth-order valence-corrected chi connectivity index (χ4v) is 2.50. The molecule has 0 aromatic carbocycles. The highest BCUT2D eigenvalue weighted by atomic mass is 32.2. The molecule has 0 unspecified atom stereocenters. The Labute approximate surface area is 106 Å². The van der Waals surface area contributed by atoms with E-state index in [0.717, 1.165) is 0 Å². The van der Waals surface area contributed by atoms with E-state index in [9.17, 15) is 13.2 Å². The number of hydrogen-bond acceptors (Lipinski definition) is 5. The number of likely N-dealkylation sites (N-methyl/N-ethyl adjacent to an activating group) is 1. The van der Waals surface area contributed by atoms with Crippen LogP contribution in [0, 0.1) is 0 Å². The number of aromatic nitrogens is 1. The van der Waals surface area contributed by atoms with Crippen molar-refractivity contribution in [2.75, 3.05) is 13.1 Å². The third kappa shape index (κ3) is 3.76. The van der Waals surface area contributed by atoms with Crippen molar-refractivity contribution in [2.45, 2.75) is 18.4 Å². The van der Waals surface area contributed by atoms with Gasteiger partial charge in [-0.15, -0.1) is 0 Å². The van der Waals surface area contributed by atoms with E-state index in [-0.39, 0.29) is 29.6 Å². The Kier molecular flexibility index (Phi) is 5.20. The van der Waals surface area contributed by atoms with Crippen LogP contribution in [0.5, 0.6) is 0 Å². The second-order valence-corrected chi connectivity index (χ2v) is 5.17. The first-order chi connectivity index (χ1) is 8.51. The van der Waals surface area contributed by atoms with Gasteiger partial charge in [0.1, 0.15) is 4.90 Å². The van der Waals surface area contributed by atoms with Crippen LogP contribution in [-0.4, -0.2) is 32.4 Å². The van der Waals surface area contributed by atoms with Gasteiger partial charge < -0.3 is 11.1 Å². The van der Waals surface area contributed by atoms with Gasteiger partial charge in [-0.25, -0.2) is 13.1 Å². The van der Waals surface area contributed by atoms with Crippen molar-refractivity contribution < 1.29 is 13.2 Å². The van der Waals surface area contributed by atoms with Crippen LogP contribution in [0.2, 0.25) is 0 Å². The van der Waals surface area contributed by atoms with Gasteiger partial charge in [0, 0.05) is 19.3 Å². The van der Waals surface area contributed by atoms with Gasteiger partial charge in [0.15, 0.2) is 0 Å². The smallest absolute Gasteiger partial charge is 0.242 e. The molecular weight excluding hydrogens is 256 g/mol. The highest BCUT2D eigenvalue weighted by molar-refractivity contribution is 7.89. The summed E-state index contributed by atoms with van der Waals surface area (Å²) in [4.78, 5) is 15.1. The maximum Gasteiger partial charge on any atom is 0.242 e. The third-order valence-electron chi connectivity index (χ3n) is 2.13. The predicted molar refractivity (Wildman–Crippen MR) is 66.0 cm³/mol. The molecule has 0 bridgehead atoms. The van der Waals surface area contributed by atoms with Gasteiger partial charge in [-0.2, -0.15) is 0 Å². The summed E-state index contributed by atoms with van der Waals surface area (Å²) in [5.74, 6) is -0.390. The van der Waals surface area contributed by atoms with Crippen molar-refractivity contribution in [2.24, 2.45) is 5.73 Å². The zero-order chi connectivity index (χ0) is 13.6. The van der Waals surface area contributed by atoms with Crippen LogP contribution < -0.4 is 15.8 Å². The number of sulfonamides is 1. The molecule has 0 aliphatic carbocycles. The van der Waals surface area contributed by atoms with Crippen molar-refractivity contribution in [3.05, 3.63) is 24.0 Å². The molecule has 0 spiro atoms. The quantitative estimate of drug-likeness (QED) is 0.611. The molecule has 4 N–H and O–H groups in total. The Morgan fingerprint density at radius 1 is 1.50 bits per heavy atom. The monoisotopic (exact) mass is 272 g/mol. The Balaban J connectivity index is 2.83. The van der Waals surface area contributed by atoms with Crippen molar-refractivity contribution >= 4 is 15.9 Å². The standard InChI is InChI=1S/C10H16N4O3S/c1-2-12-10(15)7-14-18(16,17)9-4-3-5-13-8(9)6-11/h3-5,14H,2,6-7,11H2,1H3,(H,12,15). The van der Waals surface area contributed by atoms with Gasteiger partial charge in [0.05, 0.1) is 12.2 Å². The Morgan fingerprint density at radius 3 is 2.83 bits per heavy atom. The lowest BCUT2D eigenvalue weighted by Crippen LogP contribution is -2.37. The number of amides is 1. The SMILES string of the molecule is CCNC(=O)CNS(=O)(=O)c1cccnc1CN. The summed E-state index contributed by atoms with van der Waals surface area (Å²) in [5, 5.41) is 2.49. The molecule has 100 valence electrons. The number of nitrogens with one attached hydrogen (secondary N) is 2. The summed E-state index contributed by atoms with van der Waals surface area (Å²) in [6, 6.07) is 2.90. The number of pyridine rings is 1. The minimum atomic E-state index is -3.77. The molecule has 18 heavy (non-hydrogen) atoms. The Bertz CT molecular complexity index is 516. The summed E-state index contributed by atoms with van der Waals surface area (Å²) in [6.45, 7) is 1.90. The molecular formula is C10H16N4O3S. The van der Waals surface area contributed by atoms with E-state index in [4.69, 9.17) is 5.73 Å². The van der Waals surface area contributed by atoms with Crippen molar-refractivity contribution in [3.63, 3.8) is 0 Å². The first kappa shape index (κ1) is 14.6. The van der Waals surface area contributed by atoms with Crippen molar-refractivity contribution in [3.8, 4) is 0 Å². The molecule has 0 aliphatic heterocycles. The predicted octanol–water partition coefficient (Wildman–Crippen LogP) is -1.05. The topological polar surface area (TPSA) is 114 Å². The highest BCUT2D eigenvalue weighted by Crippen LogP contribution is 2.11. The molecule has 1 amide bonds.